The molecule has 0 aliphatic carbocycles. The lowest BCUT2D eigenvalue weighted by molar-refractivity contribution is -0.153. The molecule has 1 atom stereocenters. The molecule has 3 rings (SSSR count). The molecule has 1 aromatic carbocycles. The highest BCUT2D eigenvalue weighted by molar-refractivity contribution is 5.75. The monoisotopic (exact) mass is 396 g/mol. The van der Waals surface area contributed by atoms with Crippen LogP contribution in [-0.4, -0.2) is 40.5 Å². The van der Waals surface area contributed by atoms with Crippen molar-refractivity contribution in [2.75, 3.05) is 13.2 Å². The SMILES string of the molecule is CC(NC(=O)N1CCc2n[nH]c(=O)cc2C1)c1ccc(OCC(F)(F)F)cc1. The Morgan fingerprint density at radius 1 is 1.36 bits per heavy atom. The lowest BCUT2D eigenvalue weighted by Gasteiger charge is -2.29. The van der Waals surface area contributed by atoms with E-state index in [2.05, 4.69) is 20.3 Å². The second-order valence-electron chi connectivity index (χ2n) is 6.52. The first-order valence-corrected chi connectivity index (χ1v) is 8.64. The van der Waals surface area contributed by atoms with Crippen LogP contribution >= 0.6 is 0 Å². The molecule has 150 valence electrons. The number of nitrogens with zero attached hydrogens (tertiary/aromatic N) is 2. The van der Waals surface area contributed by atoms with E-state index < -0.39 is 12.8 Å². The molecule has 0 saturated carbocycles. The molecule has 0 saturated heterocycles. The Morgan fingerprint density at radius 2 is 2.07 bits per heavy atom. The number of carbonyl (C=O) groups excluding carboxylic acids is 1. The summed E-state index contributed by atoms with van der Waals surface area (Å²) in [5.41, 5.74) is 1.89. The zero-order chi connectivity index (χ0) is 20.3. The molecular weight excluding hydrogens is 377 g/mol. The second-order valence-corrected chi connectivity index (χ2v) is 6.52. The normalized spacial score (nSPS) is 14.9. The number of aromatic amines is 1. The molecule has 0 bridgehead atoms. The van der Waals surface area contributed by atoms with Crippen molar-refractivity contribution in [2.24, 2.45) is 0 Å². The van der Waals surface area contributed by atoms with Gasteiger partial charge in [0, 0.05) is 31.1 Å². The van der Waals surface area contributed by atoms with Crippen LogP contribution < -0.4 is 15.6 Å². The van der Waals surface area contributed by atoms with Gasteiger partial charge in [-0.25, -0.2) is 9.89 Å². The summed E-state index contributed by atoms with van der Waals surface area (Å²) in [4.78, 5) is 25.5. The second kappa shape index (κ2) is 7.91. The van der Waals surface area contributed by atoms with Gasteiger partial charge in [0.25, 0.3) is 5.56 Å². The maximum atomic E-state index is 12.5. The van der Waals surface area contributed by atoms with Gasteiger partial charge in [0.05, 0.1) is 11.7 Å². The standard InChI is InChI=1S/C18H19F3N4O3/c1-11(12-2-4-14(5-3-12)28-10-18(19,20)21)22-17(27)25-7-6-15-13(9-25)8-16(26)24-23-15/h2-5,8,11H,6-7,9-10H2,1H3,(H,22,27)(H,24,26). The molecule has 1 unspecified atom stereocenters. The van der Waals surface area contributed by atoms with Crippen molar-refractivity contribution in [3.8, 4) is 5.75 Å². The quantitative estimate of drug-likeness (QED) is 0.832. The first-order valence-electron chi connectivity index (χ1n) is 8.64. The first-order chi connectivity index (χ1) is 13.2. The number of amides is 2. The largest absolute Gasteiger partial charge is 0.484 e. The fourth-order valence-corrected chi connectivity index (χ4v) is 2.90. The zero-order valence-corrected chi connectivity index (χ0v) is 15.0. The van der Waals surface area contributed by atoms with E-state index in [4.69, 9.17) is 0 Å². The van der Waals surface area contributed by atoms with Crippen molar-refractivity contribution >= 4 is 6.03 Å². The van der Waals surface area contributed by atoms with Crippen molar-refractivity contribution in [1.29, 1.82) is 0 Å². The Kier molecular flexibility index (Phi) is 5.57. The fourth-order valence-electron chi connectivity index (χ4n) is 2.90. The summed E-state index contributed by atoms with van der Waals surface area (Å²) in [5.74, 6) is 0.102. The number of alkyl halides is 3. The summed E-state index contributed by atoms with van der Waals surface area (Å²) < 4.78 is 41.2. The minimum Gasteiger partial charge on any atom is -0.484 e. The number of benzene rings is 1. The molecule has 2 heterocycles. The summed E-state index contributed by atoms with van der Waals surface area (Å²) >= 11 is 0. The van der Waals surface area contributed by atoms with Crippen molar-refractivity contribution in [2.45, 2.75) is 32.1 Å². The molecule has 0 radical (unpaired) electrons. The van der Waals surface area contributed by atoms with Gasteiger partial charge in [0.2, 0.25) is 0 Å². The van der Waals surface area contributed by atoms with E-state index in [0.29, 0.717) is 18.5 Å². The average Bonchev–Trinajstić information content (AvgIpc) is 2.65. The summed E-state index contributed by atoms with van der Waals surface area (Å²) in [7, 11) is 0. The number of rotatable bonds is 4. The minimum absolute atomic E-state index is 0.102. The number of hydrogen-bond acceptors (Lipinski definition) is 4. The van der Waals surface area contributed by atoms with Gasteiger partial charge >= 0.3 is 12.2 Å². The molecule has 2 amide bonds. The third-order valence-electron chi connectivity index (χ3n) is 4.37. The number of urea groups is 1. The van der Waals surface area contributed by atoms with Gasteiger partial charge < -0.3 is 15.0 Å². The van der Waals surface area contributed by atoms with E-state index in [9.17, 15) is 22.8 Å². The Labute approximate surface area is 158 Å². The molecule has 1 aliphatic heterocycles. The molecule has 28 heavy (non-hydrogen) atoms. The lowest BCUT2D eigenvalue weighted by Crippen LogP contribution is -2.44. The minimum atomic E-state index is -4.40. The van der Waals surface area contributed by atoms with Crippen LogP contribution in [0, 0.1) is 0 Å². The fraction of sp³-hybridized carbons (Fsp3) is 0.389. The summed E-state index contributed by atoms with van der Waals surface area (Å²) in [6, 6.07) is 6.85. The number of nitrogens with one attached hydrogen (secondary N) is 2. The van der Waals surface area contributed by atoms with Crippen LogP contribution in [-0.2, 0) is 13.0 Å². The molecule has 1 aliphatic rings. The predicted molar refractivity (Wildman–Crippen MR) is 93.9 cm³/mol. The van der Waals surface area contributed by atoms with Crippen LogP contribution in [0.25, 0.3) is 0 Å². The van der Waals surface area contributed by atoms with E-state index >= 15 is 0 Å². The zero-order valence-electron chi connectivity index (χ0n) is 15.0. The predicted octanol–water partition coefficient (Wildman–Crippen LogP) is 2.54. The highest BCUT2D eigenvalue weighted by atomic mass is 19.4. The number of halogens is 3. The van der Waals surface area contributed by atoms with Crippen LogP contribution in [0.3, 0.4) is 0 Å². The molecule has 1 aromatic heterocycles. The Hall–Kier alpha value is -3.04. The van der Waals surface area contributed by atoms with E-state index in [1.807, 2.05) is 0 Å². The molecule has 10 heteroatoms. The van der Waals surface area contributed by atoms with Crippen LogP contribution in [0.4, 0.5) is 18.0 Å². The summed E-state index contributed by atoms with van der Waals surface area (Å²) in [6.07, 6.45) is -3.85. The molecule has 7 nitrogen and oxygen atoms in total. The van der Waals surface area contributed by atoms with Gasteiger partial charge in [-0.15, -0.1) is 0 Å². The third-order valence-corrected chi connectivity index (χ3v) is 4.37. The van der Waals surface area contributed by atoms with Crippen molar-refractivity contribution in [1.82, 2.24) is 20.4 Å². The van der Waals surface area contributed by atoms with Gasteiger partial charge in [0.15, 0.2) is 6.61 Å². The van der Waals surface area contributed by atoms with Crippen molar-refractivity contribution in [3.05, 3.63) is 57.5 Å². The smallest absolute Gasteiger partial charge is 0.422 e. The summed E-state index contributed by atoms with van der Waals surface area (Å²) in [5, 5.41) is 9.21. The van der Waals surface area contributed by atoms with Gasteiger partial charge in [-0.05, 0) is 24.6 Å². The Balaban J connectivity index is 1.57. The van der Waals surface area contributed by atoms with Crippen LogP contribution in [0.15, 0.2) is 35.1 Å². The molecule has 2 aromatic rings. The third kappa shape index (κ3) is 5.02. The number of carbonyl (C=O) groups is 1. The maximum Gasteiger partial charge on any atom is 0.422 e. The lowest BCUT2D eigenvalue weighted by atomic mass is 10.1. The van der Waals surface area contributed by atoms with Crippen LogP contribution in [0.2, 0.25) is 0 Å². The van der Waals surface area contributed by atoms with Crippen molar-refractivity contribution < 1.29 is 22.7 Å². The van der Waals surface area contributed by atoms with Gasteiger partial charge in [0.1, 0.15) is 5.75 Å². The van der Waals surface area contributed by atoms with Gasteiger partial charge in [-0.1, -0.05) is 12.1 Å². The topological polar surface area (TPSA) is 87.3 Å². The van der Waals surface area contributed by atoms with E-state index in [-0.39, 0.29) is 29.9 Å². The molecular formula is C18H19F3N4O3. The highest BCUT2D eigenvalue weighted by Crippen LogP contribution is 2.22. The number of H-pyrrole nitrogens is 1. The van der Waals surface area contributed by atoms with E-state index in [0.717, 1.165) is 11.3 Å². The number of hydrogen-bond donors (Lipinski definition) is 2. The van der Waals surface area contributed by atoms with E-state index in [1.165, 1.54) is 18.2 Å². The van der Waals surface area contributed by atoms with E-state index in [1.54, 1.807) is 24.0 Å². The molecule has 0 spiro atoms. The summed E-state index contributed by atoms with van der Waals surface area (Å²) in [6.45, 7) is 1.17. The maximum absolute atomic E-state index is 12.5. The average molecular weight is 396 g/mol. The highest BCUT2D eigenvalue weighted by Gasteiger charge is 2.28. The van der Waals surface area contributed by atoms with Crippen molar-refractivity contribution in [3.63, 3.8) is 0 Å². The van der Waals surface area contributed by atoms with Gasteiger partial charge in [-0.2, -0.15) is 18.3 Å². The first kappa shape index (κ1) is 19.7. The Morgan fingerprint density at radius 3 is 2.75 bits per heavy atom. The number of fused-ring (bicyclic) bond motifs is 1. The number of aromatic nitrogens is 2. The van der Waals surface area contributed by atoms with Gasteiger partial charge in [-0.3, -0.25) is 4.79 Å². The van der Waals surface area contributed by atoms with Crippen LogP contribution in [0.1, 0.15) is 29.8 Å². The van der Waals surface area contributed by atoms with Crippen LogP contribution in [0.5, 0.6) is 5.75 Å². The molecule has 2 N–H and O–H groups in total. The Bertz CT molecular complexity index is 896. The number of ether oxygens (including phenoxy) is 1. The molecule has 0 fully saturated rings.